The topological polar surface area (TPSA) is 0 Å². The lowest BCUT2D eigenvalue weighted by Gasteiger charge is -2.59. The zero-order valence-corrected chi connectivity index (χ0v) is 32.1. The lowest BCUT2D eigenvalue weighted by atomic mass is 9.46. The highest BCUT2D eigenvalue weighted by Crippen LogP contribution is 2.74. The summed E-state index contributed by atoms with van der Waals surface area (Å²) < 4.78 is 0. The minimum absolute atomic E-state index is 0.541. The summed E-state index contributed by atoms with van der Waals surface area (Å²) in [5, 5.41) is 0. The van der Waals surface area contributed by atoms with Crippen LogP contribution in [-0.2, 0) is 0 Å². The second kappa shape index (κ2) is 10.1. The van der Waals surface area contributed by atoms with Crippen LogP contribution in [0.25, 0.3) is 0 Å². The van der Waals surface area contributed by atoms with Crippen molar-refractivity contribution in [3.8, 4) is 0 Å². The van der Waals surface area contributed by atoms with Crippen molar-refractivity contribution in [3.05, 3.63) is 0 Å². The van der Waals surface area contributed by atoms with E-state index in [-0.39, 0.29) is 0 Å². The number of rotatable bonds is 2. The average molecular weight is 607 g/mol. The molecule has 1 heteroatoms. The van der Waals surface area contributed by atoms with Crippen LogP contribution in [0.4, 0.5) is 0 Å². The standard InChI is InChI=1S/C42H74Si/c1-25-19-26(2)37-27(20-25)13-14-36(37)43(11,12)38-30-23-34-32(39(3,4)15-17-41(34,7)8)21-28(30)29-22-33-35(24-31(29)38)42(9,10)18-16-40(33,5)6/h25-38H,13-24H2,1-12H3. The van der Waals surface area contributed by atoms with Crippen LogP contribution in [0.15, 0.2) is 0 Å². The Kier molecular flexibility index (Phi) is 7.48. The van der Waals surface area contributed by atoms with Crippen LogP contribution < -0.4 is 0 Å². The summed E-state index contributed by atoms with van der Waals surface area (Å²) in [6.07, 6.45) is 18.5. The highest BCUT2D eigenvalue weighted by atomic mass is 28.3. The minimum atomic E-state index is -1.50. The van der Waals surface area contributed by atoms with E-state index in [2.05, 4.69) is 82.3 Å². The van der Waals surface area contributed by atoms with E-state index in [1.54, 1.807) is 44.9 Å². The van der Waals surface area contributed by atoms with E-state index in [0.29, 0.717) is 21.7 Å². The Morgan fingerprint density at radius 3 is 1.30 bits per heavy atom. The molecule has 0 spiro atoms. The van der Waals surface area contributed by atoms with Gasteiger partial charge in [0.2, 0.25) is 0 Å². The molecule has 0 aliphatic heterocycles. The Morgan fingerprint density at radius 2 is 0.884 bits per heavy atom. The van der Waals surface area contributed by atoms with Crippen molar-refractivity contribution in [1.29, 1.82) is 0 Å². The van der Waals surface area contributed by atoms with Crippen molar-refractivity contribution >= 4 is 8.07 Å². The predicted octanol–water partition coefficient (Wildman–Crippen LogP) is 12.8. The van der Waals surface area contributed by atoms with Gasteiger partial charge in [-0.2, -0.15) is 0 Å². The maximum Gasteiger partial charge on any atom is 0.0544 e. The van der Waals surface area contributed by atoms with Gasteiger partial charge in [-0.25, -0.2) is 0 Å². The summed E-state index contributed by atoms with van der Waals surface area (Å²) in [6, 6.07) is 0. The molecule has 7 aliphatic carbocycles. The van der Waals surface area contributed by atoms with Crippen molar-refractivity contribution in [1.82, 2.24) is 0 Å². The van der Waals surface area contributed by atoms with E-state index in [1.165, 1.54) is 32.1 Å². The predicted molar refractivity (Wildman–Crippen MR) is 189 cm³/mol. The smallest absolute Gasteiger partial charge is 0.0544 e. The largest absolute Gasteiger partial charge is 0.0689 e. The fourth-order valence-corrected chi connectivity index (χ4v) is 22.0. The van der Waals surface area contributed by atoms with Gasteiger partial charge >= 0.3 is 0 Å². The second-order valence-corrected chi connectivity index (χ2v) is 27.5. The van der Waals surface area contributed by atoms with Gasteiger partial charge in [0.15, 0.2) is 0 Å². The van der Waals surface area contributed by atoms with Crippen LogP contribution in [0.3, 0.4) is 0 Å². The lowest BCUT2D eigenvalue weighted by molar-refractivity contribution is -0.0969. The summed E-state index contributed by atoms with van der Waals surface area (Å²) in [7, 11) is -1.50. The van der Waals surface area contributed by atoms with Crippen LogP contribution in [0.1, 0.15) is 146 Å². The summed E-state index contributed by atoms with van der Waals surface area (Å²) in [5.74, 6) is 12.1. The van der Waals surface area contributed by atoms with Gasteiger partial charge in [-0.1, -0.05) is 95.2 Å². The quantitative estimate of drug-likeness (QED) is 0.274. The molecular weight excluding hydrogens is 533 g/mol. The van der Waals surface area contributed by atoms with Crippen LogP contribution in [0, 0.1) is 92.7 Å². The first kappa shape index (κ1) is 31.8. The van der Waals surface area contributed by atoms with E-state index < -0.39 is 8.07 Å². The highest BCUT2D eigenvalue weighted by molar-refractivity contribution is 6.80. The molecule has 0 aromatic heterocycles. The Hall–Kier alpha value is 0.217. The van der Waals surface area contributed by atoms with Gasteiger partial charge < -0.3 is 0 Å². The fourth-order valence-electron chi connectivity index (χ4n) is 16.0. The fraction of sp³-hybridized carbons (Fsp3) is 1.00. The molecule has 13 unspecified atom stereocenters. The van der Waals surface area contributed by atoms with E-state index in [4.69, 9.17) is 0 Å². The van der Waals surface area contributed by atoms with Crippen molar-refractivity contribution in [2.75, 3.05) is 0 Å². The molecule has 0 aromatic carbocycles. The molecule has 13 atom stereocenters. The monoisotopic (exact) mass is 607 g/mol. The first-order chi connectivity index (χ1) is 19.8. The summed E-state index contributed by atoms with van der Waals surface area (Å²) in [4.78, 5) is 0. The van der Waals surface area contributed by atoms with E-state index in [9.17, 15) is 0 Å². The van der Waals surface area contributed by atoms with Crippen molar-refractivity contribution in [3.63, 3.8) is 0 Å². The lowest BCUT2D eigenvalue weighted by Crippen LogP contribution is -2.52. The molecule has 246 valence electrons. The molecule has 0 radical (unpaired) electrons. The number of hydrogen-bond acceptors (Lipinski definition) is 0. The van der Waals surface area contributed by atoms with Crippen LogP contribution in [0.2, 0.25) is 24.2 Å². The molecule has 43 heavy (non-hydrogen) atoms. The zero-order chi connectivity index (χ0) is 31.1. The molecule has 0 amide bonds. The van der Waals surface area contributed by atoms with Gasteiger partial charge in [-0.15, -0.1) is 0 Å². The molecule has 0 heterocycles. The van der Waals surface area contributed by atoms with Crippen LogP contribution in [0.5, 0.6) is 0 Å². The molecule has 7 aliphatic rings. The molecule has 0 aromatic rings. The molecular formula is C42H74Si. The third-order valence-electron chi connectivity index (χ3n) is 18.3. The van der Waals surface area contributed by atoms with Crippen LogP contribution >= 0.6 is 0 Å². The van der Waals surface area contributed by atoms with E-state index >= 15 is 0 Å². The number of hydrogen-bond donors (Lipinski definition) is 0. The molecule has 0 nitrogen and oxygen atoms in total. The van der Waals surface area contributed by atoms with Gasteiger partial charge in [0.05, 0.1) is 8.07 Å². The van der Waals surface area contributed by atoms with Crippen LogP contribution in [-0.4, -0.2) is 8.07 Å². The first-order valence-electron chi connectivity index (χ1n) is 19.8. The Balaban J connectivity index is 1.30. The van der Waals surface area contributed by atoms with Crippen molar-refractivity contribution < 1.29 is 0 Å². The maximum atomic E-state index is 3.01. The Morgan fingerprint density at radius 1 is 0.488 bits per heavy atom. The SMILES string of the molecule is CC1CC(C)C2C(CCC2[Si](C)(C)C2C3CC4C(CC3C3CC5C(CC32)C(C)(C)CCC5(C)C)C(C)(C)CCC4(C)C)C1. The van der Waals surface area contributed by atoms with Gasteiger partial charge in [0, 0.05) is 0 Å². The molecule has 0 saturated heterocycles. The normalized spacial score (nSPS) is 52.7. The van der Waals surface area contributed by atoms with Gasteiger partial charge in [-0.3, -0.25) is 0 Å². The molecule has 0 N–H and O–H groups in total. The molecule has 7 rings (SSSR count). The molecule has 0 bridgehead atoms. The Labute approximate surface area is 270 Å². The first-order valence-corrected chi connectivity index (χ1v) is 23.0. The van der Waals surface area contributed by atoms with Crippen molar-refractivity contribution in [2.24, 2.45) is 92.7 Å². The second-order valence-electron chi connectivity index (χ2n) is 22.4. The molecule has 7 saturated carbocycles. The van der Waals surface area contributed by atoms with Gasteiger partial charge in [0.25, 0.3) is 0 Å². The number of fused-ring (bicyclic) bond motifs is 6. The summed E-state index contributed by atoms with van der Waals surface area (Å²) >= 11 is 0. The van der Waals surface area contributed by atoms with E-state index in [1.807, 2.05) is 0 Å². The zero-order valence-electron chi connectivity index (χ0n) is 31.1. The third-order valence-corrected chi connectivity index (χ3v) is 23.5. The van der Waals surface area contributed by atoms with E-state index in [0.717, 1.165) is 82.1 Å². The Bertz CT molecular complexity index is 1000. The minimum Gasteiger partial charge on any atom is -0.0689 e. The highest BCUT2D eigenvalue weighted by Gasteiger charge is 2.67. The molecule has 7 fully saturated rings. The summed E-state index contributed by atoms with van der Waals surface area (Å²) in [6.45, 7) is 32.9. The third kappa shape index (κ3) is 4.80. The summed E-state index contributed by atoms with van der Waals surface area (Å²) in [5.41, 5.74) is 4.37. The van der Waals surface area contributed by atoms with Gasteiger partial charge in [0.1, 0.15) is 0 Å². The average Bonchev–Trinajstić information content (AvgIpc) is 3.48. The van der Waals surface area contributed by atoms with Gasteiger partial charge in [-0.05, 0) is 168 Å². The maximum absolute atomic E-state index is 3.01. The van der Waals surface area contributed by atoms with Crippen molar-refractivity contribution in [2.45, 2.75) is 170 Å².